The van der Waals surface area contributed by atoms with E-state index in [-0.39, 0.29) is 5.91 Å². The van der Waals surface area contributed by atoms with Gasteiger partial charge in [0.1, 0.15) is 0 Å². The zero-order valence-corrected chi connectivity index (χ0v) is 15.3. The third kappa shape index (κ3) is 4.64. The largest absolute Gasteiger partial charge is 0.352 e. The minimum atomic E-state index is 0.0200. The third-order valence-corrected chi connectivity index (χ3v) is 4.77. The zero-order valence-electron chi connectivity index (χ0n) is 14.5. The van der Waals surface area contributed by atoms with E-state index >= 15 is 0 Å². The summed E-state index contributed by atoms with van der Waals surface area (Å²) >= 11 is 1.58. The van der Waals surface area contributed by atoms with Crippen LogP contribution in [0.1, 0.15) is 5.56 Å². The molecule has 0 aliphatic carbocycles. The van der Waals surface area contributed by atoms with Gasteiger partial charge in [0.05, 0.1) is 17.1 Å². The molecule has 0 unspecified atom stereocenters. The summed E-state index contributed by atoms with van der Waals surface area (Å²) in [5, 5.41) is 7.58. The van der Waals surface area contributed by atoms with Crippen LogP contribution in [-0.4, -0.2) is 28.0 Å². The Morgan fingerprint density at radius 1 is 1.12 bits per heavy atom. The van der Waals surface area contributed by atoms with E-state index in [9.17, 15) is 4.79 Å². The average molecular weight is 363 g/mol. The lowest BCUT2D eigenvalue weighted by molar-refractivity contribution is -0.118. The molecule has 0 saturated heterocycles. The van der Waals surface area contributed by atoms with E-state index in [1.807, 2.05) is 59.4 Å². The first kappa shape index (κ1) is 18.0. The van der Waals surface area contributed by atoms with Gasteiger partial charge in [-0.1, -0.05) is 54.6 Å². The molecule has 0 saturated carbocycles. The average Bonchev–Trinajstić information content (AvgIpc) is 3.12. The molecule has 1 heterocycles. The molecule has 1 N–H and O–H groups in total. The molecule has 26 heavy (non-hydrogen) atoms. The highest BCUT2D eigenvalue weighted by Gasteiger charge is 2.13. The maximum Gasteiger partial charge on any atom is 0.230 e. The van der Waals surface area contributed by atoms with Crippen molar-refractivity contribution in [3.8, 4) is 16.9 Å². The van der Waals surface area contributed by atoms with Gasteiger partial charge in [-0.3, -0.25) is 4.79 Å². The van der Waals surface area contributed by atoms with Crippen LogP contribution in [0.5, 0.6) is 0 Å². The lowest BCUT2D eigenvalue weighted by Crippen LogP contribution is -2.24. The van der Waals surface area contributed by atoms with Crippen LogP contribution >= 0.6 is 11.8 Å². The van der Waals surface area contributed by atoms with Gasteiger partial charge in [0.25, 0.3) is 0 Å². The second-order valence-electron chi connectivity index (χ2n) is 5.73. The minimum absolute atomic E-state index is 0.0200. The summed E-state index contributed by atoms with van der Waals surface area (Å²) in [7, 11) is 0. The van der Waals surface area contributed by atoms with Crippen molar-refractivity contribution in [1.29, 1.82) is 0 Å². The van der Waals surface area contributed by atoms with Crippen molar-refractivity contribution >= 4 is 17.7 Å². The summed E-state index contributed by atoms with van der Waals surface area (Å²) in [4.78, 5) is 11.8. The van der Waals surface area contributed by atoms with Crippen LogP contribution in [0.3, 0.4) is 0 Å². The Balaban J connectivity index is 1.80. The van der Waals surface area contributed by atoms with Gasteiger partial charge >= 0.3 is 0 Å². The van der Waals surface area contributed by atoms with Gasteiger partial charge in [0, 0.05) is 29.6 Å². The van der Waals surface area contributed by atoms with Crippen molar-refractivity contribution in [3.05, 3.63) is 85.1 Å². The molecule has 0 atom stereocenters. The molecule has 3 rings (SSSR count). The van der Waals surface area contributed by atoms with E-state index in [1.165, 1.54) is 0 Å². The molecule has 0 aliphatic rings. The van der Waals surface area contributed by atoms with Crippen molar-refractivity contribution < 1.29 is 4.79 Å². The number of nitrogens with zero attached hydrogens (tertiary/aromatic N) is 2. The van der Waals surface area contributed by atoms with Gasteiger partial charge < -0.3 is 5.32 Å². The van der Waals surface area contributed by atoms with Crippen LogP contribution in [-0.2, 0) is 10.5 Å². The number of benzene rings is 2. The van der Waals surface area contributed by atoms with Crippen molar-refractivity contribution in [2.24, 2.45) is 0 Å². The molecule has 2 aromatic carbocycles. The van der Waals surface area contributed by atoms with Gasteiger partial charge in [0.15, 0.2) is 0 Å². The fourth-order valence-corrected chi connectivity index (χ4v) is 3.38. The molecule has 1 amide bonds. The van der Waals surface area contributed by atoms with Crippen LogP contribution in [0.2, 0.25) is 0 Å². The molecular weight excluding hydrogens is 342 g/mol. The maximum atomic E-state index is 11.8. The second-order valence-corrected chi connectivity index (χ2v) is 6.72. The molecule has 0 aliphatic heterocycles. The predicted molar refractivity (Wildman–Crippen MR) is 108 cm³/mol. The van der Waals surface area contributed by atoms with E-state index in [4.69, 9.17) is 5.10 Å². The van der Waals surface area contributed by atoms with E-state index in [0.29, 0.717) is 12.3 Å². The fraction of sp³-hybridized carbons (Fsp3) is 0.143. The lowest BCUT2D eigenvalue weighted by Gasteiger charge is -2.03. The van der Waals surface area contributed by atoms with E-state index in [2.05, 4.69) is 24.0 Å². The number of hydrogen-bond acceptors (Lipinski definition) is 3. The Bertz CT molecular complexity index is 859. The normalized spacial score (nSPS) is 10.5. The quantitative estimate of drug-likeness (QED) is 0.614. The number of thioether (sulfide) groups is 1. The second kappa shape index (κ2) is 9.06. The number of rotatable bonds is 8. The molecular formula is C21H21N3OS. The van der Waals surface area contributed by atoms with Gasteiger partial charge in [-0.05, 0) is 12.1 Å². The summed E-state index contributed by atoms with van der Waals surface area (Å²) in [5.74, 6) is 1.16. The Kier molecular flexibility index (Phi) is 6.28. The van der Waals surface area contributed by atoms with Crippen LogP contribution in [0, 0.1) is 0 Å². The standard InChI is InChI=1S/C21H21N3OS/c1-2-13-22-20(25)16-26-15-18-14-24(19-11-7-4-8-12-19)23-21(18)17-9-5-3-6-10-17/h2-12,14H,1,13,15-16H2,(H,22,25). The topological polar surface area (TPSA) is 46.9 Å². The first-order valence-electron chi connectivity index (χ1n) is 8.42. The van der Waals surface area contributed by atoms with Gasteiger partial charge in [-0.15, -0.1) is 18.3 Å². The zero-order chi connectivity index (χ0) is 18.2. The number of carbonyl (C=O) groups excluding carboxylic acids is 1. The summed E-state index contributed by atoms with van der Waals surface area (Å²) in [6, 6.07) is 20.2. The molecule has 0 radical (unpaired) electrons. The highest BCUT2D eigenvalue weighted by atomic mass is 32.2. The van der Waals surface area contributed by atoms with Crippen molar-refractivity contribution in [3.63, 3.8) is 0 Å². The summed E-state index contributed by atoms with van der Waals surface area (Å²) < 4.78 is 1.90. The van der Waals surface area contributed by atoms with E-state index in [0.717, 1.165) is 28.3 Å². The number of amides is 1. The summed E-state index contributed by atoms with van der Waals surface area (Å²) in [6.07, 6.45) is 3.73. The highest BCUT2D eigenvalue weighted by Crippen LogP contribution is 2.26. The predicted octanol–water partition coefficient (Wildman–Crippen LogP) is 4.07. The molecule has 4 nitrogen and oxygen atoms in total. The van der Waals surface area contributed by atoms with Crippen molar-refractivity contribution in [2.45, 2.75) is 5.75 Å². The number of aromatic nitrogens is 2. The van der Waals surface area contributed by atoms with Gasteiger partial charge in [-0.2, -0.15) is 5.10 Å². The molecule has 0 bridgehead atoms. The molecule has 0 spiro atoms. The highest BCUT2D eigenvalue weighted by molar-refractivity contribution is 7.99. The van der Waals surface area contributed by atoms with Crippen molar-refractivity contribution in [2.75, 3.05) is 12.3 Å². The number of hydrogen-bond donors (Lipinski definition) is 1. The minimum Gasteiger partial charge on any atom is -0.352 e. The van der Waals surface area contributed by atoms with E-state index in [1.54, 1.807) is 17.8 Å². The lowest BCUT2D eigenvalue weighted by atomic mass is 10.1. The molecule has 5 heteroatoms. The maximum absolute atomic E-state index is 11.8. The monoisotopic (exact) mass is 363 g/mol. The molecule has 3 aromatic rings. The molecule has 132 valence electrons. The number of para-hydroxylation sites is 1. The smallest absolute Gasteiger partial charge is 0.230 e. The fourth-order valence-electron chi connectivity index (χ4n) is 2.56. The Morgan fingerprint density at radius 3 is 2.50 bits per heavy atom. The SMILES string of the molecule is C=CCNC(=O)CSCc1cn(-c2ccccc2)nc1-c1ccccc1. The van der Waals surface area contributed by atoms with Crippen LogP contribution in [0.25, 0.3) is 16.9 Å². The first-order valence-corrected chi connectivity index (χ1v) is 9.58. The summed E-state index contributed by atoms with van der Waals surface area (Å²) in [6.45, 7) is 4.11. The van der Waals surface area contributed by atoms with Crippen LogP contribution in [0.4, 0.5) is 0 Å². The Labute approximate surface area is 157 Å². The van der Waals surface area contributed by atoms with Gasteiger partial charge in [0.2, 0.25) is 5.91 Å². The summed E-state index contributed by atoms with van der Waals surface area (Å²) in [5.41, 5.74) is 4.16. The first-order chi connectivity index (χ1) is 12.8. The van der Waals surface area contributed by atoms with Crippen LogP contribution < -0.4 is 5.32 Å². The Morgan fingerprint density at radius 2 is 1.81 bits per heavy atom. The van der Waals surface area contributed by atoms with E-state index < -0.39 is 0 Å². The molecule has 1 aromatic heterocycles. The van der Waals surface area contributed by atoms with Crippen LogP contribution in [0.15, 0.2) is 79.5 Å². The number of nitrogens with one attached hydrogen (secondary N) is 1. The van der Waals surface area contributed by atoms with Gasteiger partial charge in [-0.25, -0.2) is 4.68 Å². The molecule has 0 fully saturated rings. The number of carbonyl (C=O) groups is 1. The third-order valence-electron chi connectivity index (χ3n) is 3.79. The Hall–Kier alpha value is -2.79. The van der Waals surface area contributed by atoms with Crippen molar-refractivity contribution in [1.82, 2.24) is 15.1 Å².